The van der Waals surface area contributed by atoms with Crippen LogP contribution in [0, 0.1) is 11.3 Å². The fourth-order valence-corrected chi connectivity index (χ4v) is 4.76. The monoisotopic (exact) mass is 290 g/mol. The highest BCUT2D eigenvalue weighted by Crippen LogP contribution is 2.33. The molecule has 21 heavy (non-hydrogen) atoms. The van der Waals surface area contributed by atoms with Gasteiger partial charge < -0.3 is 0 Å². The third-order valence-corrected chi connectivity index (χ3v) is 5.81. The van der Waals surface area contributed by atoms with Gasteiger partial charge in [0.15, 0.2) is 0 Å². The van der Waals surface area contributed by atoms with Crippen LogP contribution in [-0.2, 0) is 0 Å². The van der Waals surface area contributed by atoms with Crippen LogP contribution in [0.5, 0.6) is 0 Å². The van der Waals surface area contributed by atoms with Gasteiger partial charge in [-0.1, -0.05) is 6.92 Å². The van der Waals surface area contributed by atoms with E-state index in [2.05, 4.69) is 28.1 Å². The maximum absolute atomic E-state index is 9.66. The molecule has 2 aliphatic heterocycles. The van der Waals surface area contributed by atoms with Gasteiger partial charge in [-0.2, -0.15) is 5.26 Å². The Morgan fingerprint density at radius 2 is 1.86 bits per heavy atom. The van der Waals surface area contributed by atoms with Crippen molar-refractivity contribution in [3.63, 3.8) is 0 Å². The summed E-state index contributed by atoms with van der Waals surface area (Å²) in [5, 5.41) is 13.1. The Kier molecular flexibility index (Phi) is 4.83. The smallest absolute Gasteiger partial charge is 0.108 e. The van der Waals surface area contributed by atoms with Gasteiger partial charge in [-0.15, -0.1) is 0 Å². The Labute approximate surface area is 129 Å². The quantitative estimate of drug-likeness (QED) is 0.863. The number of nitrogens with one attached hydrogen (secondary N) is 1. The Hall–Kier alpha value is -0.630. The SMILES string of the molecule is CCNC1(C#N)CCCC(N2CCCN3CCCC3C2)C1. The summed E-state index contributed by atoms with van der Waals surface area (Å²) >= 11 is 0. The molecule has 2 saturated heterocycles. The molecule has 3 fully saturated rings. The van der Waals surface area contributed by atoms with Crippen LogP contribution < -0.4 is 5.32 Å². The van der Waals surface area contributed by atoms with E-state index in [-0.39, 0.29) is 5.54 Å². The van der Waals surface area contributed by atoms with Crippen LogP contribution in [0.4, 0.5) is 0 Å². The second kappa shape index (κ2) is 6.64. The van der Waals surface area contributed by atoms with Crippen molar-refractivity contribution in [1.29, 1.82) is 5.26 Å². The lowest BCUT2D eigenvalue weighted by Crippen LogP contribution is -2.53. The molecule has 1 saturated carbocycles. The minimum atomic E-state index is -0.265. The predicted octanol–water partition coefficient (Wildman–Crippen LogP) is 1.97. The van der Waals surface area contributed by atoms with Crippen LogP contribution in [0.15, 0.2) is 0 Å². The summed E-state index contributed by atoms with van der Waals surface area (Å²) in [5.41, 5.74) is -0.265. The molecule has 0 radical (unpaired) electrons. The van der Waals surface area contributed by atoms with Gasteiger partial charge in [0.1, 0.15) is 5.54 Å². The van der Waals surface area contributed by atoms with Gasteiger partial charge in [0, 0.05) is 18.6 Å². The van der Waals surface area contributed by atoms with E-state index in [1.54, 1.807) is 0 Å². The van der Waals surface area contributed by atoms with Crippen molar-refractivity contribution in [3.05, 3.63) is 0 Å². The second-order valence-electron chi connectivity index (χ2n) is 7.15. The van der Waals surface area contributed by atoms with Crippen molar-refractivity contribution in [2.45, 2.75) is 69.5 Å². The highest BCUT2D eigenvalue weighted by molar-refractivity contribution is 5.11. The molecule has 1 aliphatic carbocycles. The van der Waals surface area contributed by atoms with Gasteiger partial charge >= 0.3 is 0 Å². The van der Waals surface area contributed by atoms with Crippen LogP contribution in [0.1, 0.15) is 51.9 Å². The molecular weight excluding hydrogens is 260 g/mol. The van der Waals surface area contributed by atoms with Crippen molar-refractivity contribution in [3.8, 4) is 6.07 Å². The van der Waals surface area contributed by atoms with Crippen LogP contribution in [0.3, 0.4) is 0 Å². The first-order chi connectivity index (χ1) is 10.3. The normalized spacial score (nSPS) is 38.7. The minimum absolute atomic E-state index is 0.265. The number of nitriles is 1. The topological polar surface area (TPSA) is 42.3 Å². The number of rotatable bonds is 3. The molecule has 3 aliphatic rings. The third-order valence-electron chi connectivity index (χ3n) is 5.81. The summed E-state index contributed by atoms with van der Waals surface area (Å²) in [7, 11) is 0. The molecule has 0 aromatic rings. The van der Waals surface area contributed by atoms with Gasteiger partial charge in [-0.25, -0.2) is 0 Å². The van der Waals surface area contributed by atoms with Crippen LogP contribution in [-0.4, -0.2) is 60.1 Å². The molecular formula is C17H30N4. The summed E-state index contributed by atoms with van der Waals surface area (Å²) in [6, 6.07) is 3.99. The number of hydrogen-bond donors (Lipinski definition) is 1. The number of nitrogens with zero attached hydrogens (tertiary/aromatic N) is 3. The van der Waals surface area contributed by atoms with Crippen LogP contribution in [0.25, 0.3) is 0 Å². The predicted molar refractivity (Wildman–Crippen MR) is 85.1 cm³/mol. The van der Waals surface area contributed by atoms with Crippen molar-refractivity contribution in [2.24, 2.45) is 0 Å². The van der Waals surface area contributed by atoms with E-state index in [1.165, 1.54) is 58.3 Å². The van der Waals surface area contributed by atoms with Gasteiger partial charge in [0.2, 0.25) is 0 Å². The van der Waals surface area contributed by atoms with Gasteiger partial charge in [-0.05, 0) is 71.1 Å². The number of fused-ring (bicyclic) bond motifs is 1. The van der Waals surface area contributed by atoms with E-state index in [0.717, 1.165) is 25.4 Å². The zero-order valence-corrected chi connectivity index (χ0v) is 13.5. The lowest BCUT2D eigenvalue weighted by molar-refractivity contribution is 0.111. The maximum Gasteiger partial charge on any atom is 0.108 e. The largest absolute Gasteiger partial charge is 0.300 e. The highest BCUT2D eigenvalue weighted by atomic mass is 15.3. The van der Waals surface area contributed by atoms with Crippen LogP contribution in [0.2, 0.25) is 0 Å². The molecule has 0 aromatic heterocycles. The maximum atomic E-state index is 9.66. The summed E-state index contributed by atoms with van der Waals surface area (Å²) in [5.74, 6) is 0. The molecule has 4 heteroatoms. The first kappa shape index (κ1) is 15.3. The Bertz CT molecular complexity index is 387. The molecule has 3 rings (SSSR count). The zero-order valence-electron chi connectivity index (χ0n) is 13.5. The Balaban J connectivity index is 1.66. The summed E-state index contributed by atoms with van der Waals surface area (Å²) in [6.45, 7) is 8.07. The van der Waals surface area contributed by atoms with Crippen molar-refractivity contribution in [1.82, 2.24) is 15.1 Å². The molecule has 0 spiro atoms. The fourth-order valence-electron chi connectivity index (χ4n) is 4.76. The second-order valence-corrected chi connectivity index (χ2v) is 7.15. The van der Waals surface area contributed by atoms with Crippen molar-refractivity contribution < 1.29 is 0 Å². The van der Waals surface area contributed by atoms with E-state index in [4.69, 9.17) is 0 Å². The molecule has 0 aromatic carbocycles. The average Bonchev–Trinajstić information content (AvgIpc) is 2.85. The van der Waals surface area contributed by atoms with E-state index >= 15 is 0 Å². The summed E-state index contributed by atoms with van der Waals surface area (Å²) in [4.78, 5) is 5.42. The molecule has 2 heterocycles. The molecule has 0 amide bonds. The highest BCUT2D eigenvalue weighted by Gasteiger charge is 2.39. The van der Waals surface area contributed by atoms with Crippen LogP contribution >= 0.6 is 0 Å². The Morgan fingerprint density at radius 3 is 2.67 bits per heavy atom. The fraction of sp³-hybridized carbons (Fsp3) is 0.941. The molecule has 118 valence electrons. The third kappa shape index (κ3) is 3.26. The van der Waals surface area contributed by atoms with Crippen molar-refractivity contribution >= 4 is 0 Å². The average molecular weight is 290 g/mol. The lowest BCUT2D eigenvalue weighted by atomic mass is 9.79. The standard InChI is InChI=1S/C17H30N4/c1-2-19-17(14-18)8-3-6-15(12-17)21-11-5-10-20-9-4-7-16(20)13-21/h15-16,19H,2-13H2,1H3. The summed E-state index contributed by atoms with van der Waals surface area (Å²) < 4.78 is 0. The van der Waals surface area contributed by atoms with Gasteiger partial charge in [-0.3, -0.25) is 15.1 Å². The molecule has 4 nitrogen and oxygen atoms in total. The van der Waals surface area contributed by atoms with E-state index in [9.17, 15) is 5.26 Å². The Morgan fingerprint density at radius 1 is 1.10 bits per heavy atom. The van der Waals surface area contributed by atoms with Crippen molar-refractivity contribution in [2.75, 3.05) is 32.7 Å². The zero-order chi connectivity index (χ0) is 14.7. The summed E-state index contributed by atoms with van der Waals surface area (Å²) in [6.07, 6.45) is 8.56. The van der Waals surface area contributed by atoms with Gasteiger partial charge in [0.25, 0.3) is 0 Å². The first-order valence-corrected chi connectivity index (χ1v) is 8.91. The molecule has 1 N–H and O–H groups in total. The first-order valence-electron chi connectivity index (χ1n) is 8.91. The van der Waals surface area contributed by atoms with E-state index in [1.807, 2.05) is 0 Å². The molecule has 3 unspecified atom stereocenters. The van der Waals surface area contributed by atoms with E-state index < -0.39 is 0 Å². The number of hydrogen-bond acceptors (Lipinski definition) is 4. The van der Waals surface area contributed by atoms with E-state index in [0.29, 0.717) is 6.04 Å². The molecule has 0 bridgehead atoms. The van der Waals surface area contributed by atoms with Gasteiger partial charge in [0.05, 0.1) is 6.07 Å². The molecule has 3 atom stereocenters. The minimum Gasteiger partial charge on any atom is -0.300 e. The lowest BCUT2D eigenvalue weighted by Gasteiger charge is -2.42.